The number of morpholine rings is 1. The maximum atomic E-state index is 12.4. The van der Waals surface area contributed by atoms with Crippen LogP contribution in [0, 0.1) is 6.92 Å². The Hall–Kier alpha value is -2.68. The number of carbonyl (C=O) groups excluding carboxylic acids is 1. The molecular weight excluding hydrogens is 422 g/mol. The lowest BCUT2D eigenvalue weighted by molar-refractivity contribution is -0.119. The molecule has 1 fully saturated rings. The van der Waals surface area contributed by atoms with Crippen molar-refractivity contribution in [2.75, 3.05) is 32.0 Å². The standard InChI is InChI=1S/C24H29N5O2S/c1-19-26-27-24(29(19)16-21-10-6-3-7-11-21)32-18-23(30)25-14-22-17-28(12-13-31-22)15-20-8-4-2-5-9-20/h2-11,22H,12-18H2,1H3,(H,25,30). The molecule has 1 saturated heterocycles. The maximum Gasteiger partial charge on any atom is 0.230 e. The number of ether oxygens (including phenoxy) is 1. The molecule has 2 aromatic carbocycles. The average Bonchev–Trinajstić information content (AvgIpc) is 3.17. The van der Waals surface area contributed by atoms with Crippen molar-refractivity contribution in [1.29, 1.82) is 0 Å². The van der Waals surface area contributed by atoms with Crippen LogP contribution in [0.3, 0.4) is 0 Å². The summed E-state index contributed by atoms with van der Waals surface area (Å²) in [5, 5.41) is 12.2. The number of thioether (sulfide) groups is 1. The molecule has 1 aromatic heterocycles. The molecule has 1 aliphatic rings. The molecule has 1 aliphatic heterocycles. The normalized spacial score (nSPS) is 16.7. The van der Waals surface area contributed by atoms with Crippen molar-refractivity contribution in [3.63, 3.8) is 0 Å². The number of hydrogen-bond acceptors (Lipinski definition) is 6. The highest BCUT2D eigenvalue weighted by Gasteiger charge is 2.21. The summed E-state index contributed by atoms with van der Waals surface area (Å²) < 4.78 is 7.90. The van der Waals surface area contributed by atoms with Crippen LogP contribution in [-0.2, 0) is 22.6 Å². The van der Waals surface area contributed by atoms with Gasteiger partial charge in [-0.25, -0.2) is 0 Å². The Morgan fingerprint density at radius 1 is 1.06 bits per heavy atom. The van der Waals surface area contributed by atoms with Gasteiger partial charge in [0.1, 0.15) is 5.82 Å². The number of carbonyl (C=O) groups is 1. The number of amides is 1. The number of aryl methyl sites for hydroxylation is 1. The molecule has 0 radical (unpaired) electrons. The average molecular weight is 452 g/mol. The fourth-order valence-corrected chi connectivity index (χ4v) is 4.53. The fourth-order valence-electron chi connectivity index (χ4n) is 3.71. The second-order valence-electron chi connectivity index (χ2n) is 7.91. The van der Waals surface area contributed by atoms with Gasteiger partial charge >= 0.3 is 0 Å². The van der Waals surface area contributed by atoms with Crippen molar-refractivity contribution in [1.82, 2.24) is 25.0 Å². The van der Waals surface area contributed by atoms with Crippen LogP contribution in [0.5, 0.6) is 0 Å². The largest absolute Gasteiger partial charge is 0.374 e. The monoisotopic (exact) mass is 451 g/mol. The molecule has 7 nitrogen and oxygen atoms in total. The fraction of sp³-hybridized carbons (Fsp3) is 0.375. The van der Waals surface area contributed by atoms with Gasteiger partial charge in [0.05, 0.1) is 25.0 Å². The third-order valence-electron chi connectivity index (χ3n) is 5.42. The Labute approximate surface area is 193 Å². The van der Waals surface area contributed by atoms with E-state index in [1.165, 1.54) is 22.9 Å². The summed E-state index contributed by atoms with van der Waals surface area (Å²) in [6.07, 6.45) is 0.00499. The van der Waals surface area contributed by atoms with Crippen LogP contribution in [0.4, 0.5) is 0 Å². The second kappa shape index (κ2) is 11.3. The van der Waals surface area contributed by atoms with E-state index in [0.29, 0.717) is 25.4 Å². The summed E-state index contributed by atoms with van der Waals surface area (Å²) in [6, 6.07) is 20.6. The molecule has 0 saturated carbocycles. The summed E-state index contributed by atoms with van der Waals surface area (Å²) in [5.41, 5.74) is 2.47. The predicted octanol–water partition coefficient (Wildman–Crippen LogP) is 2.74. The van der Waals surface area contributed by atoms with Gasteiger partial charge in [0.2, 0.25) is 5.91 Å². The molecule has 168 valence electrons. The summed E-state index contributed by atoms with van der Waals surface area (Å²) in [7, 11) is 0. The number of aromatic nitrogens is 3. The van der Waals surface area contributed by atoms with E-state index in [1.54, 1.807) is 0 Å². The molecule has 4 rings (SSSR count). The van der Waals surface area contributed by atoms with Gasteiger partial charge in [-0.15, -0.1) is 10.2 Å². The first-order valence-corrected chi connectivity index (χ1v) is 11.9. The lowest BCUT2D eigenvalue weighted by Crippen LogP contribution is -2.47. The van der Waals surface area contributed by atoms with Crippen LogP contribution < -0.4 is 5.32 Å². The Bertz CT molecular complexity index is 996. The van der Waals surface area contributed by atoms with Gasteiger partial charge in [-0.1, -0.05) is 72.4 Å². The van der Waals surface area contributed by atoms with Crippen molar-refractivity contribution >= 4 is 17.7 Å². The zero-order valence-electron chi connectivity index (χ0n) is 18.3. The van der Waals surface area contributed by atoms with Crippen LogP contribution in [0.2, 0.25) is 0 Å². The third kappa shape index (κ3) is 6.41. The van der Waals surface area contributed by atoms with Gasteiger partial charge in [-0.05, 0) is 18.1 Å². The Balaban J connectivity index is 1.23. The molecule has 0 bridgehead atoms. The lowest BCUT2D eigenvalue weighted by Gasteiger charge is -2.33. The highest BCUT2D eigenvalue weighted by Crippen LogP contribution is 2.18. The van der Waals surface area contributed by atoms with Gasteiger partial charge in [-0.2, -0.15) is 0 Å². The van der Waals surface area contributed by atoms with Gasteiger partial charge < -0.3 is 14.6 Å². The molecule has 1 amide bonds. The number of nitrogens with zero attached hydrogens (tertiary/aromatic N) is 4. The van der Waals surface area contributed by atoms with Crippen molar-refractivity contribution in [2.24, 2.45) is 0 Å². The molecule has 8 heteroatoms. The molecular formula is C24H29N5O2S. The second-order valence-corrected chi connectivity index (χ2v) is 8.85. The van der Waals surface area contributed by atoms with Crippen LogP contribution in [0.15, 0.2) is 65.8 Å². The first kappa shape index (κ1) is 22.5. The summed E-state index contributed by atoms with van der Waals surface area (Å²) in [5.74, 6) is 1.12. The van der Waals surface area contributed by atoms with Crippen LogP contribution in [-0.4, -0.2) is 63.7 Å². The van der Waals surface area contributed by atoms with Crippen LogP contribution >= 0.6 is 11.8 Å². The van der Waals surface area contributed by atoms with E-state index in [9.17, 15) is 4.79 Å². The van der Waals surface area contributed by atoms with Crippen molar-refractivity contribution in [3.8, 4) is 0 Å². The molecule has 1 unspecified atom stereocenters. The Kier molecular flexibility index (Phi) is 7.92. The zero-order chi connectivity index (χ0) is 22.2. The number of nitrogens with one attached hydrogen (secondary N) is 1. The number of rotatable bonds is 9. The molecule has 32 heavy (non-hydrogen) atoms. The van der Waals surface area contributed by atoms with Crippen molar-refractivity contribution in [2.45, 2.75) is 31.3 Å². The first-order valence-electron chi connectivity index (χ1n) is 10.9. The van der Waals surface area contributed by atoms with Gasteiger partial charge in [-0.3, -0.25) is 9.69 Å². The Morgan fingerprint density at radius 2 is 1.75 bits per heavy atom. The maximum absolute atomic E-state index is 12.4. The number of hydrogen-bond donors (Lipinski definition) is 1. The molecule has 0 spiro atoms. The van der Waals surface area contributed by atoms with E-state index in [1.807, 2.05) is 35.8 Å². The summed E-state index contributed by atoms with van der Waals surface area (Å²) in [6.45, 7) is 6.45. The van der Waals surface area contributed by atoms with E-state index in [2.05, 4.69) is 56.8 Å². The van der Waals surface area contributed by atoms with Crippen LogP contribution in [0.1, 0.15) is 17.0 Å². The Morgan fingerprint density at radius 3 is 2.47 bits per heavy atom. The van der Waals surface area contributed by atoms with Gasteiger partial charge in [0.15, 0.2) is 5.16 Å². The first-order chi connectivity index (χ1) is 15.7. The van der Waals surface area contributed by atoms with Crippen molar-refractivity contribution in [3.05, 3.63) is 77.6 Å². The lowest BCUT2D eigenvalue weighted by atomic mass is 10.2. The topological polar surface area (TPSA) is 72.3 Å². The highest BCUT2D eigenvalue weighted by molar-refractivity contribution is 7.99. The molecule has 3 aromatic rings. The van der Waals surface area contributed by atoms with E-state index < -0.39 is 0 Å². The summed E-state index contributed by atoms with van der Waals surface area (Å²) in [4.78, 5) is 14.8. The van der Waals surface area contributed by atoms with E-state index in [-0.39, 0.29) is 12.0 Å². The molecule has 1 N–H and O–H groups in total. The predicted molar refractivity (Wildman–Crippen MR) is 125 cm³/mol. The minimum atomic E-state index is -0.0225. The quantitative estimate of drug-likeness (QED) is 0.505. The summed E-state index contributed by atoms with van der Waals surface area (Å²) >= 11 is 1.41. The van der Waals surface area contributed by atoms with Crippen molar-refractivity contribution < 1.29 is 9.53 Å². The smallest absolute Gasteiger partial charge is 0.230 e. The molecule has 2 heterocycles. The molecule has 1 atom stereocenters. The molecule has 0 aliphatic carbocycles. The van der Waals surface area contributed by atoms with Crippen LogP contribution in [0.25, 0.3) is 0 Å². The van der Waals surface area contributed by atoms with Gasteiger partial charge in [0, 0.05) is 26.2 Å². The number of benzene rings is 2. The minimum absolute atomic E-state index is 0.00499. The van der Waals surface area contributed by atoms with Gasteiger partial charge in [0.25, 0.3) is 0 Å². The minimum Gasteiger partial charge on any atom is -0.374 e. The zero-order valence-corrected chi connectivity index (χ0v) is 19.1. The van der Waals surface area contributed by atoms with E-state index in [0.717, 1.165) is 30.6 Å². The van der Waals surface area contributed by atoms with E-state index in [4.69, 9.17) is 4.74 Å². The third-order valence-corrected chi connectivity index (χ3v) is 6.38. The SMILES string of the molecule is Cc1nnc(SCC(=O)NCC2CN(Cc3ccccc3)CCO2)n1Cc1ccccc1. The highest BCUT2D eigenvalue weighted by atomic mass is 32.2. The van der Waals surface area contributed by atoms with E-state index >= 15 is 0 Å².